The van der Waals surface area contributed by atoms with Crippen LogP contribution in [0, 0.1) is 13.8 Å². The molecule has 1 aliphatic heterocycles. The van der Waals surface area contributed by atoms with Crippen molar-refractivity contribution in [2.24, 2.45) is 0 Å². The first-order chi connectivity index (χ1) is 11.5. The molecule has 0 aliphatic carbocycles. The van der Waals surface area contributed by atoms with Gasteiger partial charge in [0.2, 0.25) is 11.8 Å². The Morgan fingerprint density at radius 1 is 1.29 bits per heavy atom. The molecule has 0 spiro atoms. The number of piperidine rings is 1. The number of likely N-dealkylation sites (tertiary alicyclic amines) is 1. The van der Waals surface area contributed by atoms with Gasteiger partial charge in [0.25, 0.3) is 5.22 Å². The van der Waals surface area contributed by atoms with Gasteiger partial charge in [-0.3, -0.25) is 4.79 Å². The topological polar surface area (TPSA) is 59.2 Å². The summed E-state index contributed by atoms with van der Waals surface area (Å²) in [6.07, 6.45) is 3.40. The Labute approximate surface area is 146 Å². The van der Waals surface area contributed by atoms with E-state index in [4.69, 9.17) is 4.42 Å². The van der Waals surface area contributed by atoms with Crippen molar-refractivity contribution in [2.45, 2.75) is 51.3 Å². The number of benzene rings is 1. The van der Waals surface area contributed by atoms with Crippen molar-refractivity contribution in [1.82, 2.24) is 15.1 Å². The van der Waals surface area contributed by atoms with Crippen molar-refractivity contribution >= 4 is 17.7 Å². The molecule has 1 amide bonds. The first-order valence-electron chi connectivity index (χ1n) is 8.38. The van der Waals surface area contributed by atoms with E-state index >= 15 is 0 Å². The number of hydrogen-bond donors (Lipinski definition) is 0. The van der Waals surface area contributed by atoms with E-state index in [-0.39, 0.29) is 5.91 Å². The van der Waals surface area contributed by atoms with Crippen molar-refractivity contribution in [2.75, 3.05) is 12.3 Å². The van der Waals surface area contributed by atoms with Crippen LogP contribution in [0.1, 0.15) is 37.3 Å². The van der Waals surface area contributed by atoms with Crippen molar-refractivity contribution in [1.29, 1.82) is 0 Å². The predicted molar refractivity (Wildman–Crippen MR) is 95.0 cm³/mol. The molecule has 24 heavy (non-hydrogen) atoms. The van der Waals surface area contributed by atoms with Gasteiger partial charge in [0.05, 0.1) is 5.75 Å². The van der Waals surface area contributed by atoms with Crippen LogP contribution in [0.25, 0.3) is 11.5 Å². The first kappa shape index (κ1) is 17.0. The summed E-state index contributed by atoms with van der Waals surface area (Å²) < 4.78 is 5.70. The van der Waals surface area contributed by atoms with Gasteiger partial charge < -0.3 is 9.32 Å². The van der Waals surface area contributed by atoms with E-state index in [0.29, 0.717) is 22.9 Å². The zero-order valence-corrected chi connectivity index (χ0v) is 15.2. The van der Waals surface area contributed by atoms with Crippen LogP contribution >= 0.6 is 11.8 Å². The highest BCUT2D eigenvalue weighted by atomic mass is 32.2. The summed E-state index contributed by atoms with van der Waals surface area (Å²) in [5, 5.41) is 8.60. The van der Waals surface area contributed by atoms with E-state index in [0.717, 1.165) is 24.9 Å². The number of nitrogens with zero attached hydrogens (tertiary/aromatic N) is 3. The van der Waals surface area contributed by atoms with Gasteiger partial charge >= 0.3 is 0 Å². The number of carbonyl (C=O) groups is 1. The lowest BCUT2D eigenvalue weighted by Gasteiger charge is -2.33. The maximum absolute atomic E-state index is 12.4. The monoisotopic (exact) mass is 345 g/mol. The molecule has 2 aromatic rings. The molecule has 1 aromatic heterocycles. The Morgan fingerprint density at radius 2 is 2.12 bits per heavy atom. The number of aromatic nitrogens is 2. The summed E-state index contributed by atoms with van der Waals surface area (Å²) in [5.74, 6) is 0.997. The lowest BCUT2D eigenvalue weighted by Crippen LogP contribution is -2.42. The standard InChI is InChI=1S/C18H23N3O2S/c1-12-7-8-15(10-13(12)2)17-19-20-18(23-17)24-11-16(22)21-9-5-4-6-14(21)3/h7-8,10,14H,4-6,9,11H2,1-3H3/t14-/m1/s1. The van der Waals surface area contributed by atoms with Gasteiger partial charge in [-0.05, 0) is 63.3 Å². The molecule has 6 heteroatoms. The van der Waals surface area contributed by atoms with Crippen LogP contribution in [-0.2, 0) is 4.79 Å². The third kappa shape index (κ3) is 3.80. The Hall–Kier alpha value is -1.82. The SMILES string of the molecule is Cc1ccc(-c2nnc(SCC(=O)N3CCCC[C@H]3C)o2)cc1C. The van der Waals surface area contributed by atoms with Crippen molar-refractivity contribution in [3.63, 3.8) is 0 Å². The van der Waals surface area contributed by atoms with Crippen LogP contribution in [0.15, 0.2) is 27.8 Å². The largest absolute Gasteiger partial charge is 0.411 e. The van der Waals surface area contributed by atoms with Gasteiger partial charge in [0.15, 0.2) is 0 Å². The van der Waals surface area contributed by atoms with E-state index < -0.39 is 0 Å². The summed E-state index contributed by atoms with van der Waals surface area (Å²) in [7, 11) is 0. The van der Waals surface area contributed by atoms with E-state index in [1.54, 1.807) is 0 Å². The van der Waals surface area contributed by atoms with Gasteiger partial charge in [-0.1, -0.05) is 17.8 Å². The fourth-order valence-electron chi connectivity index (χ4n) is 2.93. The minimum Gasteiger partial charge on any atom is -0.411 e. The quantitative estimate of drug-likeness (QED) is 0.788. The zero-order valence-electron chi connectivity index (χ0n) is 14.4. The molecule has 3 rings (SSSR count). The number of amides is 1. The van der Waals surface area contributed by atoms with Crippen LogP contribution in [0.3, 0.4) is 0 Å². The van der Waals surface area contributed by atoms with Crippen LogP contribution < -0.4 is 0 Å². The van der Waals surface area contributed by atoms with Gasteiger partial charge in [0, 0.05) is 18.2 Å². The summed E-state index contributed by atoms with van der Waals surface area (Å²) in [5.41, 5.74) is 3.33. The molecule has 1 aromatic carbocycles. The Balaban J connectivity index is 1.61. The molecule has 2 heterocycles. The van der Waals surface area contributed by atoms with Crippen LogP contribution in [-0.4, -0.2) is 39.3 Å². The lowest BCUT2D eigenvalue weighted by molar-refractivity contribution is -0.131. The second-order valence-electron chi connectivity index (χ2n) is 6.39. The highest BCUT2D eigenvalue weighted by Crippen LogP contribution is 2.25. The second-order valence-corrected chi connectivity index (χ2v) is 7.32. The molecule has 1 atom stereocenters. The van der Waals surface area contributed by atoms with Crippen LogP contribution in [0.5, 0.6) is 0 Å². The highest BCUT2D eigenvalue weighted by Gasteiger charge is 2.23. The number of hydrogen-bond acceptors (Lipinski definition) is 5. The molecule has 0 N–H and O–H groups in total. The summed E-state index contributed by atoms with van der Waals surface area (Å²) >= 11 is 1.32. The molecule has 128 valence electrons. The zero-order chi connectivity index (χ0) is 17.1. The molecule has 0 saturated carbocycles. The number of rotatable bonds is 4. The molecule has 0 unspecified atom stereocenters. The van der Waals surface area contributed by atoms with Gasteiger partial charge in [-0.15, -0.1) is 10.2 Å². The normalized spacial score (nSPS) is 18.0. The minimum absolute atomic E-state index is 0.151. The summed E-state index contributed by atoms with van der Waals surface area (Å²) in [6, 6.07) is 6.40. The summed E-state index contributed by atoms with van der Waals surface area (Å²) in [6.45, 7) is 7.11. The molecule has 0 bridgehead atoms. The molecular weight excluding hydrogens is 322 g/mol. The molecular formula is C18H23N3O2S. The fourth-order valence-corrected chi connectivity index (χ4v) is 3.58. The van der Waals surface area contributed by atoms with E-state index in [1.807, 2.05) is 23.1 Å². The predicted octanol–water partition coefficient (Wildman–Crippen LogP) is 3.85. The maximum atomic E-state index is 12.4. The van der Waals surface area contributed by atoms with Crippen molar-refractivity contribution < 1.29 is 9.21 Å². The van der Waals surface area contributed by atoms with Gasteiger partial charge in [-0.25, -0.2) is 0 Å². The molecule has 1 aliphatic rings. The maximum Gasteiger partial charge on any atom is 0.277 e. The van der Waals surface area contributed by atoms with E-state index in [9.17, 15) is 4.79 Å². The number of thioether (sulfide) groups is 1. The minimum atomic E-state index is 0.151. The van der Waals surface area contributed by atoms with E-state index in [2.05, 4.69) is 31.0 Å². The van der Waals surface area contributed by atoms with Crippen molar-refractivity contribution in [3.8, 4) is 11.5 Å². The van der Waals surface area contributed by atoms with Crippen LogP contribution in [0.2, 0.25) is 0 Å². The Kier molecular flexibility index (Phi) is 5.23. The second kappa shape index (κ2) is 7.38. The highest BCUT2D eigenvalue weighted by molar-refractivity contribution is 7.99. The third-order valence-electron chi connectivity index (χ3n) is 4.60. The summed E-state index contributed by atoms with van der Waals surface area (Å²) in [4.78, 5) is 14.3. The fraction of sp³-hybridized carbons (Fsp3) is 0.500. The molecule has 0 radical (unpaired) electrons. The van der Waals surface area contributed by atoms with Gasteiger partial charge in [-0.2, -0.15) is 0 Å². The average molecular weight is 345 g/mol. The third-order valence-corrected chi connectivity index (χ3v) is 5.41. The van der Waals surface area contributed by atoms with Gasteiger partial charge in [0.1, 0.15) is 0 Å². The molecule has 1 fully saturated rings. The number of carbonyl (C=O) groups excluding carboxylic acids is 1. The number of aryl methyl sites for hydroxylation is 2. The average Bonchev–Trinajstić information content (AvgIpc) is 3.04. The van der Waals surface area contributed by atoms with Crippen LogP contribution in [0.4, 0.5) is 0 Å². The Morgan fingerprint density at radius 3 is 2.88 bits per heavy atom. The Bertz CT molecular complexity index is 729. The lowest BCUT2D eigenvalue weighted by atomic mass is 10.0. The molecule has 1 saturated heterocycles. The molecule has 5 nitrogen and oxygen atoms in total. The van der Waals surface area contributed by atoms with E-state index in [1.165, 1.54) is 29.3 Å². The first-order valence-corrected chi connectivity index (χ1v) is 9.36. The smallest absolute Gasteiger partial charge is 0.277 e. The van der Waals surface area contributed by atoms with Crippen molar-refractivity contribution in [3.05, 3.63) is 29.3 Å².